The van der Waals surface area contributed by atoms with Gasteiger partial charge >= 0.3 is 0 Å². The van der Waals surface area contributed by atoms with Gasteiger partial charge in [-0.25, -0.2) is 0 Å². The van der Waals surface area contributed by atoms with E-state index >= 15 is 0 Å². The fraction of sp³-hybridized carbons (Fsp3) is 0.889. The molecule has 1 aliphatic carbocycles. The number of carbonyl (C=O) groups excluding carboxylic acids is 1. The average Bonchev–Trinajstić information content (AvgIpc) is 2.04. The fourth-order valence-electron chi connectivity index (χ4n) is 2.18. The number of hydrogen-bond acceptors (Lipinski definition) is 2. The number of fused-ring (bicyclic) bond motifs is 1. The first-order valence-electron chi connectivity index (χ1n) is 4.49. The molecule has 62 valence electrons. The van der Waals surface area contributed by atoms with Crippen molar-refractivity contribution in [1.29, 1.82) is 0 Å². The summed E-state index contributed by atoms with van der Waals surface area (Å²) in [5.74, 6) is 0.859. The second-order valence-electron chi connectivity index (χ2n) is 3.64. The van der Waals surface area contributed by atoms with Crippen molar-refractivity contribution in [3.05, 3.63) is 0 Å². The molecule has 0 unspecified atom stereocenters. The van der Waals surface area contributed by atoms with Crippen LogP contribution >= 0.6 is 0 Å². The molecule has 0 radical (unpaired) electrons. The van der Waals surface area contributed by atoms with Gasteiger partial charge in [-0.05, 0) is 18.8 Å². The summed E-state index contributed by atoms with van der Waals surface area (Å²) in [4.78, 5) is 11.0. The van der Waals surface area contributed by atoms with Crippen LogP contribution in [0.5, 0.6) is 0 Å². The number of ether oxygens (including phenoxy) is 1. The first-order valence-corrected chi connectivity index (χ1v) is 4.49. The average molecular weight is 154 g/mol. The van der Waals surface area contributed by atoms with Gasteiger partial charge in [-0.1, -0.05) is 12.8 Å². The smallest absolute Gasteiger partial charge is 0.158 e. The van der Waals surface area contributed by atoms with E-state index in [0.717, 1.165) is 6.42 Å². The molecule has 2 nitrogen and oxygen atoms in total. The van der Waals surface area contributed by atoms with Crippen LogP contribution in [0.1, 0.15) is 32.1 Å². The summed E-state index contributed by atoms with van der Waals surface area (Å²) in [6.45, 7) is 0.376. The first-order chi connectivity index (χ1) is 5.36. The van der Waals surface area contributed by atoms with Crippen LogP contribution in [0.4, 0.5) is 0 Å². The van der Waals surface area contributed by atoms with Crippen molar-refractivity contribution < 1.29 is 9.53 Å². The molecule has 1 aliphatic heterocycles. The Kier molecular flexibility index (Phi) is 1.95. The molecule has 0 aromatic carbocycles. The maximum absolute atomic E-state index is 11.0. The van der Waals surface area contributed by atoms with E-state index in [1.165, 1.54) is 25.7 Å². The molecule has 0 spiro atoms. The van der Waals surface area contributed by atoms with Crippen molar-refractivity contribution in [2.24, 2.45) is 5.92 Å². The molecular formula is C9H14O2. The Balaban J connectivity index is 1.98. The van der Waals surface area contributed by atoms with Crippen molar-refractivity contribution in [2.75, 3.05) is 6.61 Å². The van der Waals surface area contributed by atoms with Crippen LogP contribution in [0.15, 0.2) is 0 Å². The molecule has 11 heavy (non-hydrogen) atoms. The molecule has 0 bridgehead atoms. The third-order valence-corrected chi connectivity index (χ3v) is 2.79. The fourth-order valence-corrected chi connectivity index (χ4v) is 2.18. The van der Waals surface area contributed by atoms with Gasteiger partial charge in [-0.2, -0.15) is 0 Å². The standard InChI is InChI=1S/C9H14O2/c10-8-5-7-3-1-2-4-9(7)11-6-8/h7,9H,1-6H2/t7-,9+/m1/s1. The molecule has 2 fully saturated rings. The summed E-state index contributed by atoms with van der Waals surface area (Å²) in [6.07, 6.45) is 6.16. The zero-order chi connectivity index (χ0) is 7.68. The number of rotatable bonds is 0. The summed E-state index contributed by atoms with van der Waals surface area (Å²) in [5, 5.41) is 0. The monoisotopic (exact) mass is 154 g/mol. The maximum atomic E-state index is 11.0. The molecular weight excluding hydrogens is 140 g/mol. The number of carbonyl (C=O) groups is 1. The van der Waals surface area contributed by atoms with Gasteiger partial charge in [-0.15, -0.1) is 0 Å². The van der Waals surface area contributed by atoms with Gasteiger partial charge in [0.05, 0.1) is 6.10 Å². The highest BCUT2D eigenvalue weighted by Crippen LogP contribution is 2.31. The number of ketones is 1. The van der Waals surface area contributed by atoms with Crippen molar-refractivity contribution in [1.82, 2.24) is 0 Å². The predicted octanol–water partition coefficient (Wildman–Crippen LogP) is 1.53. The van der Waals surface area contributed by atoms with E-state index in [9.17, 15) is 4.79 Å². The summed E-state index contributed by atoms with van der Waals surface area (Å²) in [5.41, 5.74) is 0. The molecule has 0 aromatic heterocycles. The molecule has 2 rings (SSSR count). The highest BCUT2D eigenvalue weighted by Gasteiger charge is 2.31. The predicted molar refractivity (Wildman–Crippen MR) is 41.3 cm³/mol. The minimum absolute atomic E-state index is 0.299. The second kappa shape index (κ2) is 2.94. The SMILES string of the molecule is O=C1CO[C@H]2CCCC[C@@H]2C1. The molecule has 1 saturated carbocycles. The van der Waals surface area contributed by atoms with Crippen LogP contribution in [-0.4, -0.2) is 18.5 Å². The van der Waals surface area contributed by atoms with Gasteiger partial charge in [0.25, 0.3) is 0 Å². The minimum atomic E-state index is 0.299. The van der Waals surface area contributed by atoms with Crippen molar-refractivity contribution in [3.63, 3.8) is 0 Å². The third-order valence-electron chi connectivity index (χ3n) is 2.79. The van der Waals surface area contributed by atoms with E-state index in [1.807, 2.05) is 0 Å². The lowest BCUT2D eigenvalue weighted by molar-refractivity contribution is -0.138. The van der Waals surface area contributed by atoms with Crippen LogP contribution < -0.4 is 0 Å². The molecule has 2 heteroatoms. The lowest BCUT2D eigenvalue weighted by atomic mass is 9.82. The van der Waals surface area contributed by atoms with E-state index in [0.29, 0.717) is 24.4 Å². The second-order valence-corrected chi connectivity index (χ2v) is 3.64. The number of hydrogen-bond donors (Lipinski definition) is 0. The molecule has 1 saturated heterocycles. The molecule has 0 aromatic rings. The quantitative estimate of drug-likeness (QED) is 0.529. The lowest BCUT2D eigenvalue weighted by Gasteiger charge is -2.34. The Labute approximate surface area is 66.9 Å². The Morgan fingerprint density at radius 2 is 2.09 bits per heavy atom. The van der Waals surface area contributed by atoms with Crippen LogP contribution in [0.2, 0.25) is 0 Å². The molecule has 0 N–H and O–H groups in total. The summed E-state index contributed by atoms with van der Waals surface area (Å²) < 4.78 is 5.44. The van der Waals surface area contributed by atoms with Crippen LogP contribution in [0.25, 0.3) is 0 Å². The van der Waals surface area contributed by atoms with Gasteiger partial charge < -0.3 is 4.74 Å². The minimum Gasteiger partial charge on any atom is -0.370 e. The third kappa shape index (κ3) is 1.45. The Morgan fingerprint density at radius 3 is 3.00 bits per heavy atom. The number of Topliss-reactive ketones (excluding diaryl/α,β-unsaturated/α-hetero) is 1. The summed E-state index contributed by atoms with van der Waals surface area (Å²) in [7, 11) is 0. The topological polar surface area (TPSA) is 26.3 Å². The van der Waals surface area contributed by atoms with Crippen LogP contribution in [-0.2, 0) is 9.53 Å². The van der Waals surface area contributed by atoms with E-state index in [-0.39, 0.29) is 0 Å². The zero-order valence-electron chi connectivity index (χ0n) is 6.71. The Bertz CT molecular complexity index is 165. The van der Waals surface area contributed by atoms with Crippen LogP contribution in [0, 0.1) is 5.92 Å². The molecule has 0 amide bonds. The first kappa shape index (κ1) is 7.29. The largest absolute Gasteiger partial charge is 0.370 e. The Morgan fingerprint density at radius 1 is 1.27 bits per heavy atom. The van der Waals surface area contributed by atoms with Gasteiger partial charge in [0.1, 0.15) is 6.61 Å². The Hall–Kier alpha value is -0.370. The summed E-state index contributed by atoms with van der Waals surface area (Å²) in [6, 6.07) is 0. The molecule has 2 atom stereocenters. The highest BCUT2D eigenvalue weighted by molar-refractivity contribution is 5.80. The molecule has 1 heterocycles. The van der Waals surface area contributed by atoms with Crippen molar-refractivity contribution in [2.45, 2.75) is 38.2 Å². The van der Waals surface area contributed by atoms with Gasteiger partial charge in [-0.3, -0.25) is 4.79 Å². The maximum Gasteiger partial charge on any atom is 0.158 e. The van der Waals surface area contributed by atoms with Gasteiger partial charge in [0, 0.05) is 6.42 Å². The van der Waals surface area contributed by atoms with E-state index in [4.69, 9.17) is 4.74 Å². The van der Waals surface area contributed by atoms with Crippen molar-refractivity contribution in [3.8, 4) is 0 Å². The zero-order valence-corrected chi connectivity index (χ0v) is 6.71. The summed E-state index contributed by atoms with van der Waals surface area (Å²) >= 11 is 0. The van der Waals surface area contributed by atoms with E-state index in [2.05, 4.69) is 0 Å². The van der Waals surface area contributed by atoms with E-state index in [1.54, 1.807) is 0 Å². The van der Waals surface area contributed by atoms with Crippen molar-refractivity contribution >= 4 is 5.78 Å². The van der Waals surface area contributed by atoms with Gasteiger partial charge in [0.2, 0.25) is 0 Å². The lowest BCUT2D eigenvalue weighted by Crippen LogP contribution is -2.36. The van der Waals surface area contributed by atoms with Crippen LogP contribution in [0.3, 0.4) is 0 Å². The van der Waals surface area contributed by atoms with Gasteiger partial charge in [0.15, 0.2) is 5.78 Å². The highest BCUT2D eigenvalue weighted by atomic mass is 16.5. The van der Waals surface area contributed by atoms with E-state index < -0.39 is 0 Å². The normalized spacial score (nSPS) is 38.4. The molecule has 2 aliphatic rings.